The molecule has 2 N–H and O–H groups in total. The van der Waals surface area contributed by atoms with Crippen molar-refractivity contribution in [2.45, 2.75) is 51.0 Å². The predicted octanol–water partition coefficient (Wildman–Crippen LogP) is 1.86. The summed E-state index contributed by atoms with van der Waals surface area (Å²) in [5.41, 5.74) is 0. The second-order valence-electron chi connectivity index (χ2n) is 5.65. The average Bonchev–Trinajstić information content (AvgIpc) is 2.25. The third kappa shape index (κ3) is 6.39. The number of hydrogen-bond donors (Lipinski definition) is 2. The summed E-state index contributed by atoms with van der Waals surface area (Å²) in [5, 5.41) is 13.1. The van der Waals surface area contributed by atoms with Gasteiger partial charge in [0.2, 0.25) is 0 Å². The van der Waals surface area contributed by atoms with Crippen LogP contribution < -0.4 is 5.32 Å². The SMILES string of the molecule is CN(C)CCNC(CO)C1CCCCCCC1. The maximum atomic E-state index is 9.53. The van der Waals surface area contributed by atoms with Crippen LogP contribution in [0.15, 0.2) is 0 Å². The van der Waals surface area contributed by atoms with E-state index in [0.29, 0.717) is 12.0 Å². The average molecular weight is 242 g/mol. The number of aliphatic hydroxyl groups is 1. The van der Waals surface area contributed by atoms with Gasteiger partial charge >= 0.3 is 0 Å². The minimum atomic E-state index is 0.290. The maximum absolute atomic E-state index is 9.53. The van der Waals surface area contributed by atoms with Crippen LogP contribution in [0.3, 0.4) is 0 Å². The summed E-state index contributed by atoms with van der Waals surface area (Å²) in [6, 6.07) is 0.313. The van der Waals surface area contributed by atoms with Crippen molar-refractivity contribution in [3.05, 3.63) is 0 Å². The molecule has 3 heteroatoms. The van der Waals surface area contributed by atoms with Crippen molar-refractivity contribution in [2.24, 2.45) is 5.92 Å². The van der Waals surface area contributed by atoms with E-state index in [2.05, 4.69) is 24.3 Å². The lowest BCUT2D eigenvalue weighted by Crippen LogP contribution is -2.42. The molecule has 1 saturated carbocycles. The van der Waals surface area contributed by atoms with E-state index < -0.39 is 0 Å². The van der Waals surface area contributed by atoms with Crippen molar-refractivity contribution in [3.63, 3.8) is 0 Å². The number of nitrogens with one attached hydrogen (secondary N) is 1. The molecule has 0 bridgehead atoms. The highest BCUT2D eigenvalue weighted by Gasteiger charge is 2.20. The first kappa shape index (κ1) is 14.9. The molecule has 0 aromatic carbocycles. The van der Waals surface area contributed by atoms with Gasteiger partial charge in [0.1, 0.15) is 0 Å². The first-order valence-corrected chi connectivity index (χ1v) is 7.23. The smallest absolute Gasteiger partial charge is 0.0587 e. The molecule has 0 aliphatic heterocycles. The Morgan fingerprint density at radius 3 is 2.24 bits per heavy atom. The summed E-state index contributed by atoms with van der Waals surface area (Å²) < 4.78 is 0. The Kier molecular flexibility index (Phi) is 7.82. The molecule has 1 aliphatic rings. The van der Waals surface area contributed by atoms with Crippen LogP contribution in [0.2, 0.25) is 0 Å². The lowest BCUT2D eigenvalue weighted by atomic mass is 9.86. The van der Waals surface area contributed by atoms with Crippen LogP contribution in [-0.4, -0.2) is 49.8 Å². The van der Waals surface area contributed by atoms with E-state index in [0.717, 1.165) is 13.1 Å². The largest absolute Gasteiger partial charge is 0.395 e. The quantitative estimate of drug-likeness (QED) is 0.746. The Bertz CT molecular complexity index is 177. The normalized spacial score (nSPS) is 21.2. The van der Waals surface area contributed by atoms with Crippen LogP contribution in [0, 0.1) is 5.92 Å². The molecule has 0 amide bonds. The number of likely N-dealkylation sites (N-methyl/N-ethyl adjacent to an activating group) is 1. The summed E-state index contributed by atoms with van der Waals surface area (Å²) in [5.74, 6) is 0.683. The number of rotatable bonds is 6. The van der Waals surface area contributed by atoms with Gasteiger partial charge in [-0.15, -0.1) is 0 Å². The van der Waals surface area contributed by atoms with Crippen molar-refractivity contribution in [1.29, 1.82) is 0 Å². The third-order valence-electron chi connectivity index (χ3n) is 3.88. The Morgan fingerprint density at radius 2 is 1.71 bits per heavy atom. The molecular formula is C14H30N2O. The molecule has 0 saturated heterocycles. The minimum absolute atomic E-state index is 0.290. The molecule has 3 nitrogen and oxygen atoms in total. The van der Waals surface area contributed by atoms with Crippen LogP contribution in [0.25, 0.3) is 0 Å². The van der Waals surface area contributed by atoms with E-state index >= 15 is 0 Å². The maximum Gasteiger partial charge on any atom is 0.0587 e. The minimum Gasteiger partial charge on any atom is -0.395 e. The van der Waals surface area contributed by atoms with E-state index in [1.807, 2.05) is 0 Å². The van der Waals surface area contributed by atoms with Gasteiger partial charge in [-0.2, -0.15) is 0 Å². The van der Waals surface area contributed by atoms with Gasteiger partial charge in [-0.1, -0.05) is 32.1 Å². The van der Waals surface area contributed by atoms with Gasteiger partial charge in [0, 0.05) is 19.1 Å². The summed E-state index contributed by atoms with van der Waals surface area (Å²) >= 11 is 0. The highest BCUT2D eigenvalue weighted by Crippen LogP contribution is 2.24. The first-order chi connectivity index (χ1) is 8.24. The van der Waals surface area contributed by atoms with Crippen molar-refractivity contribution >= 4 is 0 Å². The molecule has 0 aromatic rings. The van der Waals surface area contributed by atoms with Crippen LogP contribution in [0.4, 0.5) is 0 Å². The summed E-state index contributed by atoms with van der Waals surface area (Å²) in [6.45, 7) is 2.32. The van der Waals surface area contributed by atoms with E-state index in [4.69, 9.17) is 0 Å². The fraction of sp³-hybridized carbons (Fsp3) is 1.00. The topological polar surface area (TPSA) is 35.5 Å². The van der Waals surface area contributed by atoms with Crippen LogP contribution in [0.5, 0.6) is 0 Å². The van der Waals surface area contributed by atoms with E-state index in [9.17, 15) is 5.11 Å². The molecule has 0 heterocycles. The van der Waals surface area contributed by atoms with E-state index in [-0.39, 0.29) is 6.61 Å². The van der Waals surface area contributed by atoms with Gasteiger partial charge in [0.15, 0.2) is 0 Å². The van der Waals surface area contributed by atoms with Crippen molar-refractivity contribution in [2.75, 3.05) is 33.8 Å². The Hall–Kier alpha value is -0.120. The molecule has 1 unspecified atom stereocenters. The molecule has 1 aliphatic carbocycles. The summed E-state index contributed by atoms with van der Waals surface area (Å²) in [4.78, 5) is 2.18. The summed E-state index contributed by atoms with van der Waals surface area (Å²) in [6.07, 6.45) is 9.44. The van der Waals surface area contributed by atoms with E-state index in [1.165, 1.54) is 44.9 Å². The highest BCUT2D eigenvalue weighted by molar-refractivity contribution is 4.77. The Balaban J connectivity index is 2.30. The zero-order valence-electron chi connectivity index (χ0n) is 11.6. The molecule has 1 atom stereocenters. The standard InChI is InChI=1S/C14H30N2O/c1-16(2)11-10-15-14(12-17)13-8-6-4-3-5-7-9-13/h13-15,17H,3-12H2,1-2H3. The molecule has 0 spiro atoms. The second-order valence-corrected chi connectivity index (χ2v) is 5.65. The lowest BCUT2D eigenvalue weighted by Gasteiger charge is -2.28. The summed E-state index contributed by atoms with van der Waals surface area (Å²) in [7, 11) is 4.18. The second kappa shape index (κ2) is 8.90. The van der Waals surface area contributed by atoms with Gasteiger partial charge in [0.05, 0.1) is 6.61 Å². The number of aliphatic hydroxyl groups excluding tert-OH is 1. The van der Waals surface area contributed by atoms with Gasteiger partial charge in [-0.3, -0.25) is 0 Å². The monoisotopic (exact) mass is 242 g/mol. The lowest BCUT2D eigenvalue weighted by molar-refractivity contribution is 0.176. The Morgan fingerprint density at radius 1 is 1.12 bits per heavy atom. The molecule has 17 heavy (non-hydrogen) atoms. The van der Waals surface area contributed by atoms with E-state index in [1.54, 1.807) is 0 Å². The number of hydrogen-bond acceptors (Lipinski definition) is 3. The van der Waals surface area contributed by atoms with Crippen LogP contribution in [0.1, 0.15) is 44.9 Å². The van der Waals surface area contributed by atoms with Crippen molar-refractivity contribution < 1.29 is 5.11 Å². The predicted molar refractivity (Wildman–Crippen MR) is 73.2 cm³/mol. The zero-order valence-corrected chi connectivity index (χ0v) is 11.6. The zero-order chi connectivity index (χ0) is 12.5. The molecule has 1 rings (SSSR count). The molecule has 0 aromatic heterocycles. The Labute approximate surface area is 107 Å². The van der Waals surface area contributed by atoms with Gasteiger partial charge in [-0.25, -0.2) is 0 Å². The van der Waals surface area contributed by atoms with Gasteiger partial charge in [0.25, 0.3) is 0 Å². The van der Waals surface area contributed by atoms with Gasteiger partial charge < -0.3 is 15.3 Å². The molecule has 102 valence electrons. The fourth-order valence-corrected chi connectivity index (χ4v) is 2.74. The molecule has 0 radical (unpaired) electrons. The highest BCUT2D eigenvalue weighted by atomic mass is 16.3. The van der Waals surface area contributed by atoms with Crippen molar-refractivity contribution in [1.82, 2.24) is 10.2 Å². The third-order valence-corrected chi connectivity index (χ3v) is 3.88. The van der Waals surface area contributed by atoms with Crippen molar-refractivity contribution in [3.8, 4) is 0 Å². The van der Waals surface area contributed by atoms with Crippen LogP contribution in [-0.2, 0) is 0 Å². The number of nitrogens with zero attached hydrogens (tertiary/aromatic N) is 1. The molecule has 1 fully saturated rings. The molecular weight excluding hydrogens is 212 g/mol. The fourth-order valence-electron chi connectivity index (χ4n) is 2.74. The van der Waals surface area contributed by atoms with Gasteiger partial charge in [-0.05, 0) is 32.9 Å². The first-order valence-electron chi connectivity index (χ1n) is 7.23. The van der Waals surface area contributed by atoms with Crippen LogP contribution >= 0.6 is 0 Å².